The Labute approximate surface area is 191 Å². The highest BCUT2D eigenvalue weighted by Gasteiger charge is 2.36. The van der Waals surface area contributed by atoms with E-state index >= 15 is 4.39 Å². The van der Waals surface area contributed by atoms with Crippen molar-refractivity contribution in [2.45, 2.75) is 58.3 Å². The third kappa shape index (κ3) is 5.14. The number of fused-ring (bicyclic) bond motifs is 1. The monoisotopic (exact) mass is 436 g/mol. The van der Waals surface area contributed by atoms with Crippen molar-refractivity contribution < 1.29 is 13.5 Å². The number of hydrogen-bond donors (Lipinski definition) is 0. The second kappa shape index (κ2) is 10.5. The average molecular weight is 437 g/mol. The van der Waals surface area contributed by atoms with E-state index in [4.69, 9.17) is 4.74 Å². The molecule has 4 atom stereocenters. The second-order valence-electron chi connectivity index (χ2n) is 9.39. The third-order valence-corrected chi connectivity index (χ3v) is 7.39. The summed E-state index contributed by atoms with van der Waals surface area (Å²) in [5, 5.41) is 0. The molecule has 0 bridgehead atoms. The van der Waals surface area contributed by atoms with Gasteiger partial charge >= 0.3 is 0 Å². The van der Waals surface area contributed by atoms with E-state index < -0.39 is 5.82 Å². The summed E-state index contributed by atoms with van der Waals surface area (Å²) in [7, 11) is 0. The molecule has 0 aliphatic heterocycles. The van der Waals surface area contributed by atoms with E-state index in [2.05, 4.69) is 19.1 Å². The molecule has 2 aliphatic rings. The first kappa shape index (κ1) is 22.8. The maximum absolute atomic E-state index is 15.2. The zero-order valence-electron chi connectivity index (χ0n) is 19.2. The van der Waals surface area contributed by atoms with E-state index in [1.54, 1.807) is 18.2 Å². The molecule has 2 aromatic rings. The molecule has 4 unspecified atom stereocenters. The molecule has 0 aromatic heterocycles. The predicted molar refractivity (Wildman–Crippen MR) is 128 cm³/mol. The van der Waals surface area contributed by atoms with E-state index in [-0.39, 0.29) is 11.6 Å². The van der Waals surface area contributed by atoms with E-state index in [1.807, 2.05) is 31.2 Å². The van der Waals surface area contributed by atoms with Crippen LogP contribution in [-0.4, -0.2) is 6.61 Å². The van der Waals surface area contributed by atoms with E-state index in [0.29, 0.717) is 23.7 Å². The average Bonchev–Trinajstić information content (AvgIpc) is 2.80. The molecule has 170 valence electrons. The van der Waals surface area contributed by atoms with E-state index in [9.17, 15) is 4.39 Å². The number of benzene rings is 2. The Bertz CT molecular complexity index is 977. The van der Waals surface area contributed by atoms with Crippen LogP contribution in [0.1, 0.15) is 63.9 Å². The standard InChI is InChI=1S/C29H34F2O/c1-3-5-15-32-29-14-12-24(19-28(29)31)23-11-13-26(27(30)18-23)25-10-9-21-16-20(6-4-2)7-8-22(21)17-25/h3-6,11-14,18-22,25H,7-10,15-17H2,1-2H3/b5-3+,6-4+. The lowest BCUT2D eigenvalue weighted by molar-refractivity contribution is 0.132. The summed E-state index contributed by atoms with van der Waals surface area (Å²) in [6.45, 7) is 4.33. The number of allylic oxidation sites excluding steroid dienone is 3. The van der Waals surface area contributed by atoms with Crippen LogP contribution >= 0.6 is 0 Å². The van der Waals surface area contributed by atoms with E-state index in [0.717, 1.165) is 36.2 Å². The molecule has 2 saturated carbocycles. The van der Waals surface area contributed by atoms with Gasteiger partial charge in [-0.3, -0.25) is 0 Å². The molecule has 1 nitrogen and oxygen atoms in total. The summed E-state index contributed by atoms with van der Waals surface area (Å²) >= 11 is 0. The van der Waals surface area contributed by atoms with Crippen molar-refractivity contribution in [2.75, 3.05) is 6.61 Å². The van der Waals surface area contributed by atoms with Crippen LogP contribution in [0.15, 0.2) is 60.7 Å². The number of rotatable bonds is 6. The van der Waals surface area contributed by atoms with E-state index in [1.165, 1.54) is 31.7 Å². The van der Waals surface area contributed by atoms with Gasteiger partial charge in [-0.15, -0.1) is 0 Å². The smallest absolute Gasteiger partial charge is 0.165 e. The first-order chi connectivity index (χ1) is 15.6. The summed E-state index contributed by atoms with van der Waals surface area (Å²) in [5.41, 5.74) is 2.19. The topological polar surface area (TPSA) is 9.23 Å². The van der Waals surface area contributed by atoms with Gasteiger partial charge in [0.1, 0.15) is 12.4 Å². The van der Waals surface area contributed by atoms with Gasteiger partial charge in [0, 0.05) is 0 Å². The minimum atomic E-state index is -0.427. The highest BCUT2D eigenvalue weighted by Crippen LogP contribution is 2.48. The van der Waals surface area contributed by atoms with Crippen LogP contribution in [0.25, 0.3) is 11.1 Å². The summed E-state index contributed by atoms with van der Waals surface area (Å²) in [4.78, 5) is 0. The molecule has 0 amide bonds. The lowest BCUT2D eigenvalue weighted by Gasteiger charge is -2.42. The minimum Gasteiger partial charge on any atom is -0.486 e. The highest BCUT2D eigenvalue weighted by atomic mass is 19.1. The second-order valence-corrected chi connectivity index (χ2v) is 9.39. The Balaban J connectivity index is 1.44. The first-order valence-electron chi connectivity index (χ1n) is 12.0. The molecule has 0 heterocycles. The number of ether oxygens (including phenoxy) is 1. The summed E-state index contributed by atoms with van der Waals surface area (Å²) < 4.78 is 35.0. The molecule has 3 heteroatoms. The van der Waals surface area contributed by atoms with Crippen LogP contribution in [0.3, 0.4) is 0 Å². The van der Waals surface area contributed by atoms with Crippen LogP contribution in [-0.2, 0) is 0 Å². The number of hydrogen-bond acceptors (Lipinski definition) is 1. The third-order valence-electron chi connectivity index (χ3n) is 7.39. The van der Waals surface area contributed by atoms with Gasteiger partial charge in [0.25, 0.3) is 0 Å². The molecular weight excluding hydrogens is 402 g/mol. The Morgan fingerprint density at radius 1 is 0.844 bits per heavy atom. The van der Waals surface area contributed by atoms with Crippen LogP contribution in [0.4, 0.5) is 8.78 Å². The summed E-state index contributed by atoms with van der Waals surface area (Å²) in [6, 6.07) is 10.3. The fraction of sp³-hybridized carbons (Fsp3) is 0.448. The lowest BCUT2D eigenvalue weighted by Crippen LogP contribution is -2.30. The molecule has 0 radical (unpaired) electrons. The number of halogens is 2. The maximum Gasteiger partial charge on any atom is 0.165 e. The molecule has 32 heavy (non-hydrogen) atoms. The highest BCUT2D eigenvalue weighted by molar-refractivity contribution is 5.65. The Morgan fingerprint density at radius 3 is 2.28 bits per heavy atom. The Hall–Kier alpha value is -2.42. The molecule has 2 fully saturated rings. The molecule has 4 rings (SSSR count). The Kier molecular flexibility index (Phi) is 7.44. The van der Waals surface area contributed by atoms with Gasteiger partial charge in [-0.2, -0.15) is 0 Å². The maximum atomic E-state index is 15.2. The first-order valence-corrected chi connectivity index (χ1v) is 12.0. The zero-order valence-corrected chi connectivity index (χ0v) is 19.2. The summed E-state index contributed by atoms with van der Waals surface area (Å²) in [5.74, 6) is 2.16. The van der Waals surface area contributed by atoms with Gasteiger partial charge < -0.3 is 4.74 Å². The molecule has 2 aromatic carbocycles. The van der Waals surface area contributed by atoms with Crippen molar-refractivity contribution in [1.29, 1.82) is 0 Å². The van der Waals surface area contributed by atoms with Crippen LogP contribution < -0.4 is 4.74 Å². The Morgan fingerprint density at radius 2 is 1.56 bits per heavy atom. The minimum absolute atomic E-state index is 0.164. The van der Waals surface area contributed by atoms with Gasteiger partial charge in [0.2, 0.25) is 0 Å². The molecule has 0 spiro atoms. The predicted octanol–water partition coefficient (Wildman–Crippen LogP) is 8.46. The quantitative estimate of drug-likeness (QED) is 0.413. The zero-order chi connectivity index (χ0) is 22.5. The summed E-state index contributed by atoms with van der Waals surface area (Å²) in [6.07, 6.45) is 15.4. The lowest BCUT2D eigenvalue weighted by atomic mass is 9.64. The van der Waals surface area contributed by atoms with Crippen molar-refractivity contribution >= 4 is 0 Å². The van der Waals surface area contributed by atoms with Crippen LogP contribution in [0.2, 0.25) is 0 Å². The van der Waals surface area contributed by atoms with Crippen molar-refractivity contribution in [1.82, 2.24) is 0 Å². The van der Waals surface area contributed by atoms with Crippen molar-refractivity contribution in [3.63, 3.8) is 0 Å². The van der Waals surface area contributed by atoms with Crippen LogP contribution in [0, 0.1) is 29.4 Å². The molecule has 2 aliphatic carbocycles. The van der Waals surface area contributed by atoms with Crippen LogP contribution in [0.5, 0.6) is 5.75 Å². The SMILES string of the molecule is C/C=C/COc1ccc(-c2ccc(C3CCC4CC(/C=C/C)CCC4C3)c(F)c2)cc1F. The van der Waals surface area contributed by atoms with Gasteiger partial charge in [-0.05, 0) is 111 Å². The van der Waals surface area contributed by atoms with Gasteiger partial charge in [-0.25, -0.2) is 8.78 Å². The van der Waals surface area contributed by atoms with Crippen molar-refractivity contribution in [2.24, 2.45) is 17.8 Å². The van der Waals surface area contributed by atoms with Crippen molar-refractivity contribution in [3.05, 3.63) is 77.9 Å². The van der Waals surface area contributed by atoms with Gasteiger partial charge in [0.15, 0.2) is 11.6 Å². The van der Waals surface area contributed by atoms with Crippen molar-refractivity contribution in [3.8, 4) is 16.9 Å². The largest absolute Gasteiger partial charge is 0.486 e. The molecule has 0 N–H and O–H groups in total. The fourth-order valence-corrected chi connectivity index (χ4v) is 5.72. The van der Waals surface area contributed by atoms with Gasteiger partial charge in [0.05, 0.1) is 0 Å². The molecular formula is C29H34F2O. The molecule has 0 saturated heterocycles. The van der Waals surface area contributed by atoms with Gasteiger partial charge in [-0.1, -0.05) is 42.5 Å². The fourth-order valence-electron chi connectivity index (χ4n) is 5.72. The normalized spacial score (nSPS) is 25.9.